The number of hydrogen-bond acceptors (Lipinski definition) is 4. The maximum absolute atomic E-state index is 4.72. The third-order valence-electron chi connectivity index (χ3n) is 2.62. The molecule has 0 unspecified atom stereocenters. The van der Waals surface area contributed by atoms with Crippen LogP contribution in [-0.2, 0) is 0 Å². The highest BCUT2D eigenvalue weighted by Gasteiger charge is 2.05. The van der Waals surface area contributed by atoms with Crippen molar-refractivity contribution in [3.05, 3.63) is 48.0 Å². The van der Waals surface area contributed by atoms with Gasteiger partial charge in [0.1, 0.15) is 5.52 Å². The molecule has 3 rings (SSSR count). The fourth-order valence-corrected chi connectivity index (χ4v) is 1.70. The first-order valence-electron chi connectivity index (χ1n) is 5.38. The lowest BCUT2D eigenvalue weighted by Gasteiger charge is -2.06. The van der Waals surface area contributed by atoms with Gasteiger partial charge in [-0.25, -0.2) is 4.63 Å². The summed E-state index contributed by atoms with van der Waals surface area (Å²) in [6.45, 7) is 2.06. The molecule has 0 amide bonds. The number of nitrogens with one attached hydrogen (secondary N) is 1. The lowest BCUT2D eigenvalue weighted by atomic mass is 10.2. The van der Waals surface area contributed by atoms with Crippen LogP contribution >= 0.6 is 0 Å². The van der Waals surface area contributed by atoms with E-state index in [1.54, 1.807) is 0 Å². The summed E-state index contributed by atoms with van der Waals surface area (Å²) in [5.41, 5.74) is 4.64. The molecule has 1 N–H and O–H groups in total. The minimum absolute atomic E-state index is 0.744. The standard InChI is InChI=1S/C13H11N3O/c1-9-5-7-10(8-6-9)14-11-3-2-4-12-13(11)16-17-15-12/h2-8,14H,1H3. The van der Waals surface area contributed by atoms with Gasteiger partial charge in [-0.3, -0.25) is 0 Å². The molecular formula is C13H11N3O. The van der Waals surface area contributed by atoms with Gasteiger partial charge in [-0.1, -0.05) is 23.8 Å². The van der Waals surface area contributed by atoms with Crippen LogP contribution in [0.3, 0.4) is 0 Å². The normalized spacial score (nSPS) is 10.6. The van der Waals surface area contributed by atoms with Gasteiger partial charge in [-0.15, -0.1) is 0 Å². The molecule has 84 valence electrons. The predicted molar refractivity (Wildman–Crippen MR) is 66.3 cm³/mol. The quantitative estimate of drug-likeness (QED) is 0.727. The van der Waals surface area contributed by atoms with Crippen LogP contribution in [-0.4, -0.2) is 10.3 Å². The van der Waals surface area contributed by atoms with Gasteiger partial charge in [-0.05, 0) is 41.5 Å². The second-order valence-electron chi connectivity index (χ2n) is 3.93. The maximum atomic E-state index is 4.72. The van der Waals surface area contributed by atoms with Gasteiger partial charge < -0.3 is 5.32 Å². The molecule has 0 aliphatic carbocycles. The fourth-order valence-electron chi connectivity index (χ4n) is 1.70. The Morgan fingerprint density at radius 3 is 2.65 bits per heavy atom. The minimum Gasteiger partial charge on any atom is -0.354 e. The number of aromatic nitrogens is 2. The predicted octanol–water partition coefficient (Wildman–Crippen LogP) is 3.27. The van der Waals surface area contributed by atoms with Crippen LogP contribution in [0.1, 0.15) is 5.56 Å². The van der Waals surface area contributed by atoms with Gasteiger partial charge in [0, 0.05) is 5.69 Å². The van der Waals surface area contributed by atoms with Crippen molar-refractivity contribution in [2.75, 3.05) is 5.32 Å². The summed E-state index contributed by atoms with van der Waals surface area (Å²) in [6.07, 6.45) is 0. The van der Waals surface area contributed by atoms with Gasteiger partial charge in [0.2, 0.25) is 0 Å². The molecule has 0 bridgehead atoms. The average Bonchev–Trinajstić information content (AvgIpc) is 2.81. The van der Waals surface area contributed by atoms with E-state index in [1.807, 2.05) is 30.3 Å². The van der Waals surface area contributed by atoms with Crippen LogP contribution in [0.15, 0.2) is 47.1 Å². The van der Waals surface area contributed by atoms with Crippen molar-refractivity contribution in [3.8, 4) is 0 Å². The van der Waals surface area contributed by atoms with Crippen molar-refractivity contribution in [3.63, 3.8) is 0 Å². The Morgan fingerprint density at radius 1 is 1.00 bits per heavy atom. The smallest absolute Gasteiger partial charge is 0.158 e. The molecule has 17 heavy (non-hydrogen) atoms. The number of rotatable bonds is 2. The molecule has 0 aliphatic heterocycles. The molecule has 1 heterocycles. The Morgan fingerprint density at radius 2 is 1.82 bits per heavy atom. The van der Waals surface area contributed by atoms with Crippen LogP contribution in [0.2, 0.25) is 0 Å². The van der Waals surface area contributed by atoms with Crippen molar-refractivity contribution < 1.29 is 4.63 Å². The van der Waals surface area contributed by atoms with E-state index in [4.69, 9.17) is 4.63 Å². The summed E-state index contributed by atoms with van der Waals surface area (Å²) in [5, 5.41) is 11.0. The van der Waals surface area contributed by atoms with E-state index in [0.29, 0.717) is 0 Å². The molecule has 0 atom stereocenters. The van der Waals surface area contributed by atoms with E-state index in [2.05, 4.69) is 34.7 Å². The SMILES string of the molecule is Cc1ccc(Nc2cccc3nonc23)cc1. The average molecular weight is 225 g/mol. The Kier molecular flexibility index (Phi) is 2.26. The monoisotopic (exact) mass is 225 g/mol. The molecule has 0 aliphatic rings. The first kappa shape index (κ1) is 9.84. The number of nitrogens with zero attached hydrogens (tertiary/aromatic N) is 2. The molecular weight excluding hydrogens is 214 g/mol. The van der Waals surface area contributed by atoms with Crippen molar-refractivity contribution in [1.29, 1.82) is 0 Å². The van der Waals surface area contributed by atoms with Crippen LogP contribution in [0.4, 0.5) is 11.4 Å². The lowest BCUT2D eigenvalue weighted by Crippen LogP contribution is -1.91. The molecule has 3 aromatic rings. The van der Waals surface area contributed by atoms with Crippen LogP contribution < -0.4 is 5.32 Å². The Hall–Kier alpha value is -2.36. The number of anilines is 2. The molecule has 1 aromatic heterocycles. The molecule has 0 saturated carbocycles. The zero-order valence-electron chi connectivity index (χ0n) is 9.34. The molecule has 0 spiro atoms. The van der Waals surface area contributed by atoms with E-state index in [0.717, 1.165) is 22.4 Å². The van der Waals surface area contributed by atoms with Crippen molar-refractivity contribution >= 4 is 22.4 Å². The first-order valence-corrected chi connectivity index (χ1v) is 5.38. The summed E-state index contributed by atoms with van der Waals surface area (Å²) >= 11 is 0. The van der Waals surface area contributed by atoms with E-state index in [1.165, 1.54) is 5.56 Å². The van der Waals surface area contributed by atoms with Crippen molar-refractivity contribution in [2.24, 2.45) is 0 Å². The van der Waals surface area contributed by atoms with Crippen LogP contribution in [0, 0.1) is 6.92 Å². The van der Waals surface area contributed by atoms with Gasteiger partial charge >= 0.3 is 0 Å². The van der Waals surface area contributed by atoms with E-state index in [9.17, 15) is 0 Å². The zero-order valence-corrected chi connectivity index (χ0v) is 9.34. The second-order valence-corrected chi connectivity index (χ2v) is 3.93. The fraction of sp³-hybridized carbons (Fsp3) is 0.0769. The number of aryl methyl sites for hydroxylation is 1. The topological polar surface area (TPSA) is 51.0 Å². The highest BCUT2D eigenvalue weighted by Crippen LogP contribution is 2.23. The lowest BCUT2D eigenvalue weighted by molar-refractivity contribution is 0.315. The summed E-state index contributed by atoms with van der Waals surface area (Å²) in [5.74, 6) is 0. The molecule has 4 heteroatoms. The highest BCUT2D eigenvalue weighted by molar-refractivity contribution is 5.88. The third-order valence-corrected chi connectivity index (χ3v) is 2.62. The number of fused-ring (bicyclic) bond motifs is 1. The molecule has 0 fully saturated rings. The summed E-state index contributed by atoms with van der Waals surface area (Å²) in [4.78, 5) is 0. The maximum Gasteiger partial charge on any atom is 0.158 e. The highest BCUT2D eigenvalue weighted by atomic mass is 16.6. The Balaban J connectivity index is 1.99. The molecule has 0 radical (unpaired) electrons. The van der Waals surface area contributed by atoms with E-state index >= 15 is 0 Å². The van der Waals surface area contributed by atoms with E-state index < -0.39 is 0 Å². The van der Waals surface area contributed by atoms with Gasteiger partial charge in [0.05, 0.1) is 5.69 Å². The third kappa shape index (κ3) is 1.85. The van der Waals surface area contributed by atoms with Gasteiger partial charge in [0.25, 0.3) is 0 Å². The van der Waals surface area contributed by atoms with Gasteiger partial charge in [0.15, 0.2) is 5.52 Å². The van der Waals surface area contributed by atoms with E-state index in [-0.39, 0.29) is 0 Å². The van der Waals surface area contributed by atoms with Crippen molar-refractivity contribution in [2.45, 2.75) is 6.92 Å². The largest absolute Gasteiger partial charge is 0.354 e. The summed E-state index contributed by atoms with van der Waals surface area (Å²) in [6, 6.07) is 13.9. The molecule has 2 aromatic carbocycles. The van der Waals surface area contributed by atoms with Crippen LogP contribution in [0.25, 0.3) is 11.0 Å². The number of benzene rings is 2. The van der Waals surface area contributed by atoms with Crippen molar-refractivity contribution in [1.82, 2.24) is 10.3 Å². The van der Waals surface area contributed by atoms with Crippen LogP contribution in [0.5, 0.6) is 0 Å². The first-order chi connectivity index (χ1) is 8.33. The summed E-state index contributed by atoms with van der Waals surface area (Å²) < 4.78 is 4.72. The molecule has 4 nitrogen and oxygen atoms in total. The zero-order chi connectivity index (χ0) is 11.7. The second kappa shape index (κ2) is 3.90. The van der Waals surface area contributed by atoms with Gasteiger partial charge in [-0.2, -0.15) is 0 Å². The minimum atomic E-state index is 0.744. The molecule has 0 saturated heterocycles. The summed E-state index contributed by atoms with van der Waals surface area (Å²) in [7, 11) is 0. The Labute approximate surface area is 98.2 Å². The number of hydrogen-bond donors (Lipinski definition) is 1. The Bertz CT molecular complexity index is 643.